The first-order chi connectivity index (χ1) is 11.9. The molecular formula is C19H26O6. The second-order valence-electron chi connectivity index (χ2n) is 6.75. The van der Waals surface area contributed by atoms with Gasteiger partial charge in [0.1, 0.15) is 12.2 Å². The van der Waals surface area contributed by atoms with Crippen LogP contribution in [0, 0.1) is 11.8 Å². The molecule has 2 N–H and O–H groups in total. The summed E-state index contributed by atoms with van der Waals surface area (Å²) < 4.78 is 11.1. The van der Waals surface area contributed by atoms with Crippen molar-refractivity contribution in [1.82, 2.24) is 0 Å². The average Bonchev–Trinajstić information content (AvgIpc) is 2.86. The zero-order valence-corrected chi connectivity index (χ0v) is 14.7. The SMILES string of the molecule is C=C(CO)C(=O)OC1CC(C)=CCCC(CO)=CC2OC(=O)C(C)C21. The second kappa shape index (κ2) is 8.45. The van der Waals surface area contributed by atoms with Gasteiger partial charge in [0.15, 0.2) is 0 Å². The highest BCUT2D eigenvalue weighted by Gasteiger charge is 2.47. The second-order valence-corrected chi connectivity index (χ2v) is 6.75. The van der Waals surface area contributed by atoms with Crippen LogP contribution < -0.4 is 0 Å². The summed E-state index contributed by atoms with van der Waals surface area (Å²) in [5.74, 6) is -1.81. The molecule has 2 rings (SSSR count). The molecule has 4 unspecified atom stereocenters. The first kappa shape index (κ1) is 19.4. The summed E-state index contributed by atoms with van der Waals surface area (Å²) in [6, 6.07) is 0. The fraction of sp³-hybridized carbons (Fsp3) is 0.579. The van der Waals surface area contributed by atoms with E-state index in [-0.39, 0.29) is 24.1 Å². The number of ether oxygens (including phenoxy) is 2. The molecule has 0 amide bonds. The summed E-state index contributed by atoms with van der Waals surface area (Å²) in [7, 11) is 0. The lowest BCUT2D eigenvalue weighted by Crippen LogP contribution is -2.36. The number of allylic oxidation sites excluding steroid dienone is 1. The Morgan fingerprint density at radius 1 is 1.44 bits per heavy atom. The lowest BCUT2D eigenvalue weighted by atomic mass is 9.82. The van der Waals surface area contributed by atoms with Gasteiger partial charge in [-0.15, -0.1) is 0 Å². The molecule has 1 saturated heterocycles. The van der Waals surface area contributed by atoms with Gasteiger partial charge in [0.2, 0.25) is 0 Å². The zero-order chi connectivity index (χ0) is 18.6. The Balaban J connectivity index is 2.37. The van der Waals surface area contributed by atoms with E-state index in [1.54, 1.807) is 13.0 Å². The van der Waals surface area contributed by atoms with E-state index in [2.05, 4.69) is 6.58 Å². The van der Waals surface area contributed by atoms with E-state index in [0.717, 1.165) is 17.6 Å². The summed E-state index contributed by atoms with van der Waals surface area (Å²) in [5.41, 5.74) is 1.81. The highest BCUT2D eigenvalue weighted by atomic mass is 16.6. The molecule has 0 bridgehead atoms. The van der Waals surface area contributed by atoms with Gasteiger partial charge in [-0.05, 0) is 31.4 Å². The van der Waals surface area contributed by atoms with Gasteiger partial charge < -0.3 is 19.7 Å². The van der Waals surface area contributed by atoms with Gasteiger partial charge in [-0.1, -0.05) is 25.2 Å². The molecule has 1 aliphatic heterocycles. The predicted octanol–water partition coefficient (Wildman–Crippen LogP) is 1.67. The minimum Gasteiger partial charge on any atom is -0.458 e. The minimum absolute atomic E-state index is 0.0280. The van der Waals surface area contributed by atoms with Crippen LogP contribution in [-0.4, -0.2) is 47.6 Å². The van der Waals surface area contributed by atoms with Gasteiger partial charge in [-0.25, -0.2) is 4.79 Å². The molecule has 0 radical (unpaired) electrons. The molecule has 0 spiro atoms. The summed E-state index contributed by atoms with van der Waals surface area (Å²) in [5, 5.41) is 18.6. The maximum Gasteiger partial charge on any atom is 0.336 e. The number of hydrogen-bond acceptors (Lipinski definition) is 6. The number of rotatable bonds is 4. The van der Waals surface area contributed by atoms with Crippen LogP contribution in [0.2, 0.25) is 0 Å². The number of carbonyl (C=O) groups excluding carboxylic acids is 2. The third kappa shape index (κ3) is 4.58. The molecule has 0 aromatic carbocycles. The minimum atomic E-state index is -0.672. The number of hydrogen-bond donors (Lipinski definition) is 2. The molecule has 138 valence electrons. The lowest BCUT2D eigenvalue weighted by molar-refractivity contribution is -0.148. The molecule has 25 heavy (non-hydrogen) atoms. The van der Waals surface area contributed by atoms with Crippen molar-refractivity contribution in [3.8, 4) is 0 Å². The van der Waals surface area contributed by atoms with Crippen LogP contribution in [0.25, 0.3) is 0 Å². The van der Waals surface area contributed by atoms with Crippen LogP contribution in [0.3, 0.4) is 0 Å². The topological polar surface area (TPSA) is 93.1 Å². The molecule has 0 saturated carbocycles. The Morgan fingerprint density at radius 3 is 2.80 bits per heavy atom. The van der Waals surface area contributed by atoms with Gasteiger partial charge in [0.05, 0.1) is 30.6 Å². The standard InChI is InChI=1S/C19H26O6/c1-11-5-4-6-14(10-21)8-16-17(13(3)19(23)25-16)15(7-11)24-18(22)12(2)9-20/h5,8,13,15-17,20-21H,2,4,6-7,9-10H2,1,3H3. The largest absolute Gasteiger partial charge is 0.458 e. The highest BCUT2D eigenvalue weighted by molar-refractivity contribution is 5.88. The van der Waals surface area contributed by atoms with Gasteiger partial charge in [0, 0.05) is 6.42 Å². The monoisotopic (exact) mass is 350 g/mol. The van der Waals surface area contributed by atoms with Crippen LogP contribution >= 0.6 is 0 Å². The third-order valence-corrected chi connectivity index (χ3v) is 4.83. The molecule has 0 aromatic rings. The summed E-state index contributed by atoms with van der Waals surface area (Å²) >= 11 is 0. The Bertz CT molecular complexity index is 603. The van der Waals surface area contributed by atoms with Crippen LogP contribution in [0.15, 0.2) is 35.5 Å². The molecule has 6 heteroatoms. The Morgan fingerprint density at radius 2 is 2.16 bits per heavy atom. The molecule has 0 aromatic heterocycles. The quantitative estimate of drug-likeness (QED) is 0.455. The molecule has 2 aliphatic rings. The van der Waals surface area contributed by atoms with Gasteiger partial charge in [-0.3, -0.25) is 4.79 Å². The smallest absolute Gasteiger partial charge is 0.336 e. The fourth-order valence-corrected chi connectivity index (χ4v) is 3.33. The molecule has 1 fully saturated rings. The third-order valence-electron chi connectivity index (χ3n) is 4.83. The van der Waals surface area contributed by atoms with E-state index in [4.69, 9.17) is 14.6 Å². The van der Waals surface area contributed by atoms with E-state index < -0.39 is 30.7 Å². The van der Waals surface area contributed by atoms with Gasteiger partial charge >= 0.3 is 11.9 Å². The van der Waals surface area contributed by atoms with E-state index >= 15 is 0 Å². The Hall–Kier alpha value is -1.92. The van der Waals surface area contributed by atoms with Crippen LogP contribution in [0.1, 0.15) is 33.1 Å². The zero-order valence-electron chi connectivity index (χ0n) is 14.7. The summed E-state index contributed by atoms with van der Waals surface area (Å²) in [6.07, 6.45) is 4.63. The van der Waals surface area contributed by atoms with E-state index in [0.29, 0.717) is 12.8 Å². The number of carbonyl (C=O) groups is 2. The normalized spacial score (nSPS) is 29.8. The molecular weight excluding hydrogens is 324 g/mol. The number of esters is 2. The first-order valence-corrected chi connectivity index (χ1v) is 8.53. The van der Waals surface area contributed by atoms with Gasteiger partial charge in [0.25, 0.3) is 0 Å². The van der Waals surface area contributed by atoms with Crippen LogP contribution in [0.5, 0.6) is 0 Å². The van der Waals surface area contributed by atoms with Crippen molar-refractivity contribution in [3.63, 3.8) is 0 Å². The predicted molar refractivity (Wildman–Crippen MR) is 91.4 cm³/mol. The molecule has 1 heterocycles. The summed E-state index contributed by atoms with van der Waals surface area (Å²) in [6.45, 7) is 6.62. The van der Waals surface area contributed by atoms with Crippen LogP contribution in [-0.2, 0) is 19.1 Å². The molecule has 1 aliphatic carbocycles. The van der Waals surface area contributed by atoms with Crippen molar-refractivity contribution in [2.75, 3.05) is 13.2 Å². The van der Waals surface area contributed by atoms with Crippen molar-refractivity contribution in [1.29, 1.82) is 0 Å². The van der Waals surface area contributed by atoms with Crippen LogP contribution in [0.4, 0.5) is 0 Å². The van der Waals surface area contributed by atoms with E-state index in [1.165, 1.54) is 0 Å². The van der Waals surface area contributed by atoms with E-state index in [1.807, 2.05) is 13.0 Å². The van der Waals surface area contributed by atoms with Gasteiger partial charge in [-0.2, -0.15) is 0 Å². The fourth-order valence-electron chi connectivity index (χ4n) is 3.33. The number of aliphatic hydroxyl groups excluding tert-OH is 2. The summed E-state index contributed by atoms with van der Waals surface area (Å²) in [4.78, 5) is 24.2. The molecule has 6 nitrogen and oxygen atoms in total. The van der Waals surface area contributed by atoms with Crippen molar-refractivity contribution < 1.29 is 29.3 Å². The Kier molecular flexibility index (Phi) is 6.56. The Labute approximate surface area is 147 Å². The number of aliphatic hydroxyl groups is 2. The highest BCUT2D eigenvalue weighted by Crippen LogP contribution is 2.37. The van der Waals surface area contributed by atoms with Crippen molar-refractivity contribution in [2.24, 2.45) is 11.8 Å². The molecule has 4 atom stereocenters. The maximum absolute atomic E-state index is 12.1. The average molecular weight is 350 g/mol. The maximum atomic E-state index is 12.1. The van der Waals surface area contributed by atoms with E-state index in [9.17, 15) is 14.7 Å². The first-order valence-electron chi connectivity index (χ1n) is 8.53. The lowest BCUT2D eigenvalue weighted by Gasteiger charge is -2.29. The van der Waals surface area contributed by atoms with Crippen molar-refractivity contribution in [3.05, 3.63) is 35.5 Å². The van der Waals surface area contributed by atoms with Crippen molar-refractivity contribution >= 4 is 11.9 Å². The van der Waals surface area contributed by atoms with Crippen molar-refractivity contribution in [2.45, 2.75) is 45.3 Å². The number of fused-ring (bicyclic) bond motifs is 1.